The van der Waals surface area contributed by atoms with Gasteiger partial charge in [-0.05, 0) is 49.4 Å². The number of rotatable bonds is 4. The van der Waals surface area contributed by atoms with Crippen molar-refractivity contribution in [1.82, 2.24) is 4.98 Å². The van der Waals surface area contributed by atoms with E-state index in [4.69, 9.17) is 16.3 Å². The summed E-state index contributed by atoms with van der Waals surface area (Å²) in [6, 6.07) is 10.7. The zero-order chi connectivity index (χ0) is 18.1. The van der Waals surface area contributed by atoms with Crippen molar-refractivity contribution in [1.29, 1.82) is 0 Å². The summed E-state index contributed by atoms with van der Waals surface area (Å²) in [5.41, 5.74) is 2.80. The van der Waals surface area contributed by atoms with Gasteiger partial charge in [-0.15, -0.1) is 0 Å². The minimum Gasteiger partial charge on any atom is -0.473 e. The second-order valence-corrected chi connectivity index (χ2v) is 6.82. The van der Waals surface area contributed by atoms with Gasteiger partial charge in [-0.2, -0.15) is 0 Å². The summed E-state index contributed by atoms with van der Waals surface area (Å²) in [7, 11) is 0. The molecule has 0 saturated carbocycles. The number of nitrogens with zero attached hydrogens (tertiary/aromatic N) is 2. The van der Waals surface area contributed by atoms with Crippen LogP contribution in [0.2, 0.25) is 5.02 Å². The number of ether oxygens (including phenoxy) is 1. The summed E-state index contributed by atoms with van der Waals surface area (Å²) in [6.45, 7) is 0.362. The molecule has 1 aliphatic carbocycles. The normalized spacial score (nSPS) is 16.9. The number of aromatic nitrogens is 1. The number of anilines is 1. The van der Waals surface area contributed by atoms with Crippen LogP contribution < -0.4 is 9.64 Å². The quantitative estimate of drug-likeness (QED) is 0.763. The van der Waals surface area contributed by atoms with Crippen LogP contribution in [0.4, 0.5) is 5.69 Å². The summed E-state index contributed by atoms with van der Waals surface area (Å²) < 4.78 is 5.64. The van der Waals surface area contributed by atoms with E-state index in [1.807, 2.05) is 12.1 Å². The molecule has 5 nitrogen and oxygen atoms in total. The number of pyridine rings is 1. The minimum absolute atomic E-state index is 0.207. The lowest BCUT2D eigenvalue weighted by molar-refractivity contribution is -0.120. The molecule has 2 aliphatic rings. The van der Waals surface area contributed by atoms with E-state index in [1.54, 1.807) is 24.3 Å². The highest BCUT2D eigenvalue weighted by atomic mass is 35.5. The van der Waals surface area contributed by atoms with Gasteiger partial charge in [0.05, 0.1) is 11.9 Å². The maximum absolute atomic E-state index is 12.6. The summed E-state index contributed by atoms with van der Waals surface area (Å²) >= 11 is 5.86. The first kappa shape index (κ1) is 16.8. The topological polar surface area (TPSA) is 59.5 Å². The SMILES string of the molecule is O=C1C2=C(CCCC2)C(=O)N1c1ccc(OCc2ccc(Cl)cc2)nc1. The van der Waals surface area contributed by atoms with Crippen molar-refractivity contribution >= 4 is 29.1 Å². The van der Waals surface area contributed by atoms with Crippen LogP contribution in [0, 0.1) is 0 Å². The number of hydrogen-bond donors (Lipinski definition) is 0. The Balaban J connectivity index is 1.45. The number of carbonyl (C=O) groups is 2. The molecule has 0 saturated heterocycles. The lowest BCUT2D eigenvalue weighted by Gasteiger charge is -2.15. The van der Waals surface area contributed by atoms with Crippen LogP contribution in [-0.2, 0) is 16.2 Å². The second-order valence-electron chi connectivity index (χ2n) is 6.38. The molecule has 6 heteroatoms. The third-order valence-electron chi connectivity index (χ3n) is 4.67. The molecule has 2 amide bonds. The third kappa shape index (κ3) is 3.10. The molecule has 0 spiro atoms. The Bertz CT molecular complexity index is 860. The van der Waals surface area contributed by atoms with Crippen molar-refractivity contribution in [2.24, 2.45) is 0 Å². The van der Waals surface area contributed by atoms with Gasteiger partial charge in [0.2, 0.25) is 5.88 Å². The van der Waals surface area contributed by atoms with Gasteiger partial charge in [0.1, 0.15) is 6.61 Å². The van der Waals surface area contributed by atoms with Gasteiger partial charge in [-0.25, -0.2) is 9.88 Å². The van der Waals surface area contributed by atoms with Gasteiger partial charge in [0.15, 0.2) is 0 Å². The molecule has 1 aromatic carbocycles. The monoisotopic (exact) mass is 368 g/mol. The van der Waals surface area contributed by atoms with Crippen molar-refractivity contribution in [3.8, 4) is 5.88 Å². The Morgan fingerprint density at radius 1 is 0.962 bits per heavy atom. The van der Waals surface area contributed by atoms with Crippen molar-refractivity contribution in [2.45, 2.75) is 32.3 Å². The highest BCUT2D eigenvalue weighted by molar-refractivity contribution is 6.33. The summed E-state index contributed by atoms with van der Waals surface area (Å²) in [5, 5.41) is 0.674. The standard InChI is InChI=1S/C20H17ClN2O3/c21-14-7-5-13(6-8-14)12-26-18-10-9-15(11-22-18)23-19(24)16-3-1-2-4-17(16)20(23)25/h5-11H,1-4,12H2. The van der Waals surface area contributed by atoms with E-state index in [0.717, 1.165) is 18.4 Å². The average Bonchev–Trinajstić information content (AvgIpc) is 2.93. The summed E-state index contributed by atoms with van der Waals surface area (Å²) in [6.07, 6.45) is 4.80. The Morgan fingerprint density at radius 2 is 1.62 bits per heavy atom. The summed E-state index contributed by atoms with van der Waals surface area (Å²) in [5.74, 6) is 0.0168. The Labute approximate surface area is 156 Å². The fraction of sp³-hybridized carbons (Fsp3) is 0.250. The molecule has 1 aromatic heterocycles. The van der Waals surface area contributed by atoms with Crippen LogP contribution in [0.15, 0.2) is 53.7 Å². The molecule has 2 aromatic rings. The Kier molecular flexibility index (Phi) is 4.47. The zero-order valence-electron chi connectivity index (χ0n) is 14.1. The van der Waals surface area contributed by atoms with Gasteiger partial charge in [0, 0.05) is 22.2 Å². The Morgan fingerprint density at radius 3 is 2.19 bits per heavy atom. The zero-order valence-corrected chi connectivity index (χ0v) is 14.8. The van der Waals surface area contributed by atoms with E-state index < -0.39 is 0 Å². The van der Waals surface area contributed by atoms with E-state index in [0.29, 0.717) is 47.2 Å². The Hall–Kier alpha value is -2.66. The maximum Gasteiger partial charge on any atom is 0.261 e. The van der Waals surface area contributed by atoms with Gasteiger partial charge in [-0.1, -0.05) is 23.7 Å². The molecule has 132 valence electrons. The number of halogens is 1. The molecule has 0 fully saturated rings. The largest absolute Gasteiger partial charge is 0.473 e. The average molecular weight is 369 g/mol. The first-order valence-electron chi connectivity index (χ1n) is 8.57. The van der Waals surface area contributed by atoms with Crippen LogP contribution in [0.5, 0.6) is 5.88 Å². The number of amides is 2. The first-order valence-corrected chi connectivity index (χ1v) is 8.95. The van der Waals surface area contributed by atoms with E-state index in [9.17, 15) is 9.59 Å². The number of imide groups is 1. The molecule has 0 radical (unpaired) electrons. The lowest BCUT2D eigenvalue weighted by atomic mass is 9.93. The van der Waals surface area contributed by atoms with Gasteiger partial charge >= 0.3 is 0 Å². The fourth-order valence-corrected chi connectivity index (χ4v) is 3.43. The van der Waals surface area contributed by atoms with Crippen LogP contribution >= 0.6 is 11.6 Å². The van der Waals surface area contributed by atoms with Gasteiger partial charge in [0.25, 0.3) is 11.8 Å². The smallest absolute Gasteiger partial charge is 0.261 e. The predicted molar refractivity (Wildman–Crippen MR) is 98.0 cm³/mol. The highest BCUT2D eigenvalue weighted by Gasteiger charge is 2.39. The van der Waals surface area contributed by atoms with Crippen LogP contribution in [0.25, 0.3) is 0 Å². The molecule has 2 heterocycles. The molecule has 26 heavy (non-hydrogen) atoms. The van der Waals surface area contributed by atoms with Crippen molar-refractivity contribution < 1.29 is 14.3 Å². The number of benzene rings is 1. The van der Waals surface area contributed by atoms with Crippen LogP contribution in [0.1, 0.15) is 31.2 Å². The summed E-state index contributed by atoms with van der Waals surface area (Å²) in [4.78, 5) is 30.6. The molecule has 0 unspecified atom stereocenters. The van der Waals surface area contributed by atoms with E-state index in [2.05, 4.69) is 4.98 Å². The van der Waals surface area contributed by atoms with Crippen LogP contribution in [-0.4, -0.2) is 16.8 Å². The van der Waals surface area contributed by atoms with E-state index in [-0.39, 0.29) is 11.8 Å². The van der Waals surface area contributed by atoms with Crippen molar-refractivity contribution in [2.75, 3.05) is 4.90 Å². The van der Waals surface area contributed by atoms with Crippen LogP contribution in [0.3, 0.4) is 0 Å². The number of hydrogen-bond acceptors (Lipinski definition) is 4. The second kappa shape index (κ2) is 6.92. The predicted octanol–water partition coefficient (Wildman–Crippen LogP) is 4.06. The third-order valence-corrected chi connectivity index (χ3v) is 4.92. The molecule has 1 aliphatic heterocycles. The molecular weight excluding hydrogens is 352 g/mol. The van der Waals surface area contributed by atoms with Gasteiger partial charge < -0.3 is 4.74 Å². The maximum atomic E-state index is 12.6. The van der Waals surface area contributed by atoms with Gasteiger partial charge in [-0.3, -0.25) is 9.59 Å². The molecular formula is C20H17ClN2O3. The van der Waals surface area contributed by atoms with Crippen molar-refractivity contribution in [3.63, 3.8) is 0 Å². The minimum atomic E-state index is -0.207. The van der Waals surface area contributed by atoms with E-state index >= 15 is 0 Å². The molecule has 0 atom stereocenters. The fourth-order valence-electron chi connectivity index (χ4n) is 3.30. The number of carbonyl (C=O) groups excluding carboxylic acids is 2. The highest BCUT2D eigenvalue weighted by Crippen LogP contribution is 2.35. The van der Waals surface area contributed by atoms with E-state index in [1.165, 1.54) is 11.1 Å². The molecule has 4 rings (SSSR count). The molecule has 0 bridgehead atoms. The lowest BCUT2D eigenvalue weighted by Crippen LogP contribution is -2.31. The molecule has 0 N–H and O–H groups in total. The van der Waals surface area contributed by atoms with Crippen molar-refractivity contribution in [3.05, 3.63) is 64.3 Å². The first-order chi connectivity index (χ1) is 12.6.